The Bertz CT molecular complexity index is 463. The van der Waals surface area contributed by atoms with Crippen molar-refractivity contribution in [2.24, 2.45) is 0 Å². The van der Waals surface area contributed by atoms with Gasteiger partial charge in [-0.3, -0.25) is 9.59 Å². The number of carbonyl (C=O) groups is 4. The normalized spacial score (nSPS) is 12.6. The second-order valence-electron chi connectivity index (χ2n) is 5.07. The van der Waals surface area contributed by atoms with Crippen LogP contribution in [0.4, 0.5) is 0 Å². The van der Waals surface area contributed by atoms with Crippen molar-refractivity contribution < 1.29 is 34.1 Å². The summed E-state index contributed by atoms with van der Waals surface area (Å²) < 4.78 is 4.59. The predicted octanol–water partition coefficient (Wildman–Crippen LogP) is -0.658. The van der Waals surface area contributed by atoms with Crippen LogP contribution in [0.2, 0.25) is 0 Å². The van der Waals surface area contributed by atoms with E-state index in [0.717, 1.165) is 0 Å². The van der Waals surface area contributed by atoms with Crippen LogP contribution in [0.5, 0.6) is 0 Å². The summed E-state index contributed by atoms with van der Waals surface area (Å²) in [6.07, 6.45) is 1.81. The van der Waals surface area contributed by atoms with E-state index in [1.54, 1.807) is 0 Å². The lowest BCUT2D eigenvalue weighted by Gasteiger charge is -2.15. The van der Waals surface area contributed by atoms with Crippen LogP contribution in [-0.4, -0.2) is 59.3 Å². The monoisotopic (exact) mass is 344 g/mol. The Labute approximate surface area is 140 Å². The van der Waals surface area contributed by atoms with Crippen molar-refractivity contribution in [3.8, 4) is 0 Å². The van der Waals surface area contributed by atoms with Gasteiger partial charge in [0.25, 0.3) is 0 Å². The van der Waals surface area contributed by atoms with Crippen molar-refractivity contribution in [2.75, 3.05) is 13.2 Å². The van der Waals surface area contributed by atoms with Crippen molar-refractivity contribution in [1.82, 2.24) is 10.6 Å². The summed E-state index contributed by atoms with van der Waals surface area (Å²) >= 11 is 0. The Morgan fingerprint density at radius 3 is 2.42 bits per heavy atom. The van der Waals surface area contributed by atoms with Gasteiger partial charge < -0.3 is 25.6 Å². The van der Waals surface area contributed by atoms with Gasteiger partial charge in [-0.25, -0.2) is 9.59 Å². The number of hydrogen-bond acceptors (Lipinski definition) is 6. The maximum atomic E-state index is 11.7. The van der Waals surface area contributed by atoms with E-state index in [0.29, 0.717) is 25.8 Å². The third-order valence-electron chi connectivity index (χ3n) is 2.93. The second kappa shape index (κ2) is 12.1. The molecule has 136 valence electrons. The van der Waals surface area contributed by atoms with E-state index in [4.69, 9.17) is 10.2 Å². The minimum Gasteiger partial charge on any atom is -0.480 e. The molecule has 0 aliphatic heterocycles. The number of unbranched alkanes of at least 4 members (excludes halogenated alkanes) is 2. The number of aliphatic hydroxyl groups is 1. The molecule has 0 saturated heterocycles. The van der Waals surface area contributed by atoms with Gasteiger partial charge in [-0.15, -0.1) is 0 Å². The van der Waals surface area contributed by atoms with Crippen molar-refractivity contribution >= 4 is 23.8 Å². The highest BCUT2D eigenvalue weighted by atomic mass is 16.5. The van der Waals surface area contributed by atoms with Crippen LogP contribution in [0.1, 0.15) is 32.6 Å². The Balaban J connectivity index is 3.99. The number of carboxylic acid groups (broad SMARTS) is 1. The molecule has 0 aromatic heterocycles. The van der Waals surface area contributed by atoms with Gasteiger partial charge in [-0.05, 0) is 25.8 Å². The summed E-state index contributed by atoms with van der Waals surface area (Å²) in [6.45, 7) is 4.42. The van der Waals surface area contributed by atoms with Gasteiger partial charge in [-0.1, -0.05) is 13.0 Å². The number of carboxylic acids is 1. The van der Waals surface area contributed by atoms with Gasteiger partial charge in [0.15, 0.2) is 6.04 Å². The summed E-state index contributed by atoms with van der Waals surface area (Å²) in [5.41, 5.74) is 0. The number of aliphatic hydroxyl groups excluding tert-OH is 1. The Hall–Kier alpha value is -2.42. The molecule has 2 amide bonds. The molecule has 0 rings (SSSR count). The first-order valence-corrected chi connectivity index (χ1v) is 7.55. The van der Waals surface area contributed by atoms with Crippen LogP contribution < -0.4 is 10.6 Å². The Kier molecular flexibility index (Phi) is 10.8. The van der Waals surface area contributed by atoms with E-state index in [-0.39, 0.29) is 12.3 Å². The van der Waals surface area contributed by atoms with Crippen LogP contribution in [0.25, 0.3) is 0 Å². The van der Waals surface area contributed by atoms with Crippen molar-refractivity contribution in [3.05, 3.63) is 12.7 Å². The SMILES string of the molecule is C=CC(=O)NCCCCCC(=O)N[C@@H](COC(=O)C(C)O)C(=O)O. The number of carbonyl (C=O) groups excluding carboxylic acids is 3. The van der Waals surface area contributed by atoms with Gasteiger partial charge in [-0.2, -0.15) is 0 Å². The molecule has 0 aliphatic rings. The van der Waals surface area contributed by atoms with Gasteiger partial charge in [0.1, 0.15) is 12.7 Å². The fourth-order valence-corrected chi connectivity index (χ4v) is 1.60. The number of ether oxygens (including phenoxy) is 1. The van der Waals surface area contributed by atoms with E-state index >= 15 is 0 Å². The first-order valence-electron chi connectivity index (χ1n) is 7.55. The molecule has 9 heteroatoms. The molecule has 0 saturated carbocycles. The number of rotatable bonds is 12. The molecule has 2 atom stereocenters. The van der Waals surface area contributed by atoms with Crippen LogP contribution in [0.15, 0.2) is 12.7 Å². The second-order valence-corrected chi connectivity index (χ2v) is 5.07. The third-order valence-corrected chi connectivity index (χ3v) is 2.93. The van der Waals surface area contributed by atoms with E-state index in [2.05, 4.69) is 21.9 Å². The standard InChI is InChI=1S/C15H24N2O7/c1-3-12(19)16-8-6-4-5-7-13(20)17-11(14(21)22)9-24-15(23)10(2)18/h3,10-11,18H,1,4-9H2,2H3,(H,16,19)(H,17,20)(H,21,22)/t10?,11-/m0/s1. The highest BCUT2D eigenvalue weighted by molar-refractivity contribution is 5.86. The summed E-state index contributed by atoms with van der Waals surface area (Å²) in [5.74, 6) is -3.04. The highest BCUT2D eigenvalue weighted by Gasteiger charge is 2.22. The molecule has 0 heterocycles. The zero-order valence-electron chi connectivity index (χ0n) is 13.6. The maximum Gasteiger partial charge on any atom is 0.334 e. The molecule has 1 unspecified atom stereocenters. The molecule has 0 aliphatic carbocycles. The molecule has 0 bridgehead atoms. The average molecular weight is 344 g/mol. The molecule has 0 radical (unpaired) electrons. The average Bonchev–Trinajstić information content (AvgIpc) is 2.53. The molecule has 4 N–H and O–H groups in total. The Morgan fingerprint density at radius 1 is 1.21 bits per heavy atom. The molecule has 24 heavy (non-hydrogen) atoms. The fourth-order valence-electron chi connectivity index (χ4n) is 1.60. The molecule has 9 nitrogen and oxygen atoms in total. The lowest BCUT2D eigenvalue weighted by Crippen LogP contribution is -2.44. The van der Waals surface area contributed by atoms with Crippen LogP contribution in [0, 0.1) is 0 Å². The minimum atomic E-state index is -1.37. The van der Waals surface area contributed by atoms with Crippen LogP contribution in [-0.2, 0) is 23.9 Å². The smallest absolute Gasteiger partial charge is 0.334 e. The maximum absolute atomic E-state index is 11.7. The zero-order chi connectivity index (χ0) is 18.5. The van der Waals surface area contributed by atoms with Gasteiger partial charge in [0.2, 0.25) is 11.8 Å². The van der Waals surface area contributed by atoms with Crippen molar-refractivity contribution in [2.45, 2.75) is 44.8 Å². The topological polar surface area (TPSA) is 142 Å². The van der Waals surface area contributed by atoms with Crippen molar-refractivity contribution in [3.63, 3.8) is 0 Å². The largest absolute Gasteiger partial charge is 0.480 e. The number of amides is 2. The minimum absolute atomic E-state index is 0.115. The van der Waals surface area contributed by atoms with E-state index in [9.17, 15) is 19.2 Å². The summed E-state index contributed by atoms with van der Waals surface area (Å²) in [7, 11) is 0. The molecular formula is C15H24N2O7. The number of esters is 1. The van der Waals surface area contributed by atoms with Gasteiger partial charge in [0.05, 0.1) is 0 Å². The predicted molar refractivity (Wildman–Crippen MR) is 83.9 cm³/mol. The van der Waals surface area contributed by atoms with Gasteiger partial charge >= 0.3 is 11.9 Å². The van der Waals surface area contributed by atoms with Crippen LogP contribution in [0.3, 0.4) is 0 Å². The molecule has 0 aromatic carbocycles. The summed E-state index contributed by atoms with van der Waals surface area (Å²) in [6, 6.07) is -1.37. The first-order chi connectivity index (χ1) is 11.3. The van der Waals surface area contributed by atoms with Gasteiger partial charge in [0, 0.05) is 13.0 Å². The van der Waals surface area contributed by atoms with E-state index < -0.39 is 36.6 Å². The number of aliphatic carboxylic acids is 1. The molecule has 0 aromatic rings. The molecular weight excluding hydrogens is 320 g/mol. The lowest BCUT2D eigenvalue weighted by atomic mass is 10.1. The van der Waals surface area contributed by atoms with Crippen molar-refractivity contribution in [1.29, 1.82) is 0 Å². The first kappa shape index (κ1) is 21.6. The fraction of sp³-hybridized carbons (Fsp3) is 0.600. The Morgan fingerprint density at radius 2 is 1.88 bits per heavy atom. The van der Waals surface area contributed by atoms with Crippen LogP contribution >= 0.6 is 0 Å². The summed E-state index contributed by atoms with van der Waals surface area (Å²) in [5, 5.41) is 22.8. The number of nitrogens with one attached hydrogen (secondary N) is 2. The molecule has 0 fully saturated rings. The lowest BCUT2D eigenvalue weighted by molar-refractivity contribution is -0.156. The summed E-state index contributed by atoms with van der Waals surface area (Å²) in [4.78, 5) is 44.7. The third kappa shape index (κ3) is 10.3. The number of hydrogen-bond donors (Lipinski definition) is 4. The highest BCUT2D eigenvalue weighted by Crippen LogP contribution is 2.00. The molecule has 0 spiro atoms. The quantitative estimate of drug-likeness (QED) is 0.209. The van der Waals surface area contributed by atoms with E-state index in [1.165, 1.54) is 13.0 Å². The van der Waals surface area contributed by atoms with E-state index in [1.807, 2.05) is 0 Å². The zero-order valence-corrected chi connectivity index (χ0v) is 13.6.